The van der Waals surface area contributed by atoms with Crippen LogP contribution < -0.4 is 15.0 Å². The molecular formula is C18H16FN3O2S. The van der Waals surface area contributed by atoms with Gasteiger partial charge in [0.05, 0.1) is 6.20 Å². The third-order valence-electron chi connectivity index (χ3n) is 3.46. The zero-order valence-corrected chi connectivity index (χ0v) is 14.5. The SMILES string of the molecule is Cc1ccc(N(C)C(=O)Nc2ncc(Oc3ccc(F)cc3)s2)cc1. The Balaban J connectivity index is 1.63. The molecule has 1 heterocycles. The molecule has 2 amide bonds. The third kappa shape index (κ3) is 4.33. The minimum Gasteiger partial charge on any atom is -0.445 e. The number of rotatable bonds is 4. The van der Waals surface area contributed by atoms with Gasteiger partial charge in [-0.1, -0.05) is 29.0 Å². The molecule has 0 spiro atoms. The lowest BCUT2D eigenvalue weighted by Crippen LogP contribution is -2.31. The standard InChI is InChI=1S/C18H16FN3O2S/c1-12-3-7-14(8-4-12)22(2)18(23)21-17-20-11-16(25-17)24-15-9-5-13(19)6-10-15/h3-11H,1-2H3,(H,20,21,23). The number of halogens is 1. The second kappa shape index (κ2) is 7.31. The molecule has 0 aliphatic rings. The Kier molecular flexibility index (Phi) is 4.95. The van der Waals surface area contributed by atoms with E-state index in [4.69, 9.17) is 4.74 Å². The highest BCUT2D eigenvalue weighted by Gasteiger charge is 2.13. The van der Waals surface area contributed by atoms with E-state index in [9.17, 15) is 9.18 Å². The van der Waals surface area contributed by atoms with Gasteiger partial charge >= 0.3 is 6.03 Å². The molecule has 0 unspecified atom stereocenters. The van der Waals surface area contributed by atoms with Crippen molar-refractivity contribution in [3.63, 3.8) is 0 Å². The van der Waals surface area contributed by atoms with Crippen molar-refractivity contribution < 1.29 is 13.9 Å². The monoisotopic (exact) mass is 357 g/mol. The molecule has 0 saturated carbocycles. The smallest absolute Gasteiger partial charge is 0.327 e. The number of hydrogen-bond acceptors (Lipinski definition) is 4. The van der Waals surface area contributed by atoms with E-state index in [1.54, 1.807) is 7.05 Å². The van der Waals surface area contributed by atoms with Gasteiger partial charge in [0.2, 0.25) is 5.06 Å². The van der Waals surface area contributed by atoms with Crippen LogP contribution >= 0.6 is 11.3 Å². The molecule has 2 aromatic carbocycles. The van der Waals surface area contributed by atoms with Crippen LogP contribution in [0, 0.1) is 12.7 Å². The van der Waals surface area contributed by atoms with Crippen molar-refractivity contribution in [3.8, 4) is 10.8 Å². The minimum atomic E-state index is -0.330. The second-order valence-corrected chi connectivity index (χ2v) is 6.36. The van der Waals surface area contributed by atoms with Gasteiger partial charge in [0.1, 0.15) is 11.6 Å². The zero-order chi connectivity index (χ0) is 17.8. The largest absolute Gasteiger partial charge is 0.445 e. The number of carbonyl (C=O) groups excluding carboxylic acids is 1. The molecule has 7 heteroatoms. The molecule has 1 N–H and O–H groups in total. The van der Waals surface area contributed by atoms with Crippen LogP contribution in [-0.2, 0) is 0 Å². The summed E-state index contributed by atoms with van der Waals surface area (Å²) in [7, 11) is 1.68. The highest BCUT2D eigenvalue weighted by Crippen LogP contribution is 2.30. The van der Waals surface area contributed by atoms with Crippen LogP contribution in [0.15, 0.2) is 54.7 Å². The van der Waals surface area contributed by atoms with E-state index in [2.05, 4.69) is 10.3 Å². The number of amides is 2. The summed E-state index contributed by atoms with van der Waals surface area (Å²) in [4.78, 5) is 17.9. The number of aryl methyl sites for hydroxylation is 1. The molecule has 128 valence electrons. The Morgan fingerprint density at radius 3 is 2.52 bits per heavy atom. The Labute approximate surface area is 148 Å². The number of thiazole rings is 1. The van der Waals surface area contributed by atoms with Gasteiger partial charge in [-0.3, -0.25) is 10.2 Å². The van der Waals surface area contributed by atoms with Crippen LogP contribution in [0.1, 0.15) is 5.56 Å². The molecule has 0 fully saturated rings. The third-order valence-corrected chi connectivity index (χ3v) is 4.25. The Morgan fingerprint density at radius 1 is 1.16 bits per heavy atom. The summed E-state index contributed by atoms with van der Waals surface area (Å²) in [6, 6.07) is 13.0. The normalized spacial score (nSPS) is 10.4. The summed E-state index contributed by atoms with van der Waals surface area (Å²) in [5, 5.41) is 3.64. The van der Waals surface area contributed by atoms with Crippen molar-refractivity contribution in [2.45, 2.75) is 6.92 Å². The van der Waals surface area contributed by atoms with Crippen LogP contribution in [-0.4, -0.2) is 18.1 Å². The summed E-state index contributed by atoms with van der Waals surface area (Å²) in [5.41, 5.74) is 1.91. The van der Waals surface area contributed by atoms with Gasteiger partial charge in [0.15, 0.2) is 5.13 Å². The fourth-order valence-electron chi connectivity index (χ4n) is 2.04. The number of nitrogens with one attached hydrogen (secondary N) is 1. The zero-order valence-electron chi connectivity index (χ0n) is 13.7. The molecule has 0 aliphatic carbocycles. The second-order valence-electron chi connectivity index (χ2n) is 5.37. The maximum atomic E-state index is 12.9. The van der Waals surface area contributed by atoms with Gasteiger partial charge in [-0.15, -0.1) is 0 Å². The van der Waals surface area contributed by atoms with E-state index in [0.29, 0.717) is 15.9 Å². The number of ether oxygens (including phenoxy) is 1. The predicted molar refractivity (Wildman–Crippen MR) is 97.2 cm³/mol. The minimum absolute atomic E-state index is 0.300. The molecule has 0 bridgehead atoms. The van der Waals surface area contributed by atoms with Crippen molar-refractivity contribution in [3.05, 3.63) is 66.1 Å². The molecule has 3 rings (SSSR count). The average molecular weight is 357 g/mol. The molecule has 0 aliphatic heterocycles. The first-order valence-corrected chi connectivity index (χ1v) is 8.33. The van der Waals surface area contributed by atoms with E-state index in [1.165, 1.54) is 46.7 Å². The number of urea groups is 1. The van der Waals surface area contributed by atoms with Crippen LogP contribution in [0.2, 0.25) is 0 Å². The van der Waals surface area contributed by atoms with Crippen molar-refractivity contribution in [2.75, 3.05) is 17.3 Å². The van der Waals surface area contributed by atoms with Crippen molar-refractivity contribution in [2.24, 2.45) is 0 Å². The van der Waals surface area contributed by atoms with E-state index >= 15 is 0 Å². The molecule has 25 heavy (non-hydrogen) atoms. The summed E-state index contributed by atoms with van der Waals surface area (Å²) in [5.74, 6) is 0.170. The predicted octanol–water partition coefficient (Wildman–Crippen LogP) is 5.05. The molecular weight excluding hydrogens is 341 g/mol. The lowest BCUT2D eigenvalue weighted by molar-refractivity contribution is 0.258. The summed E-state index contributed by atoms with van der Waals surface area (Å²) < 4.78 is 18.5. The number of benzene rings is 2. The van der Waals surface area contributed by atoms with Gasteiger partial charge in [0.25, 0.3) is 0 Å². The fourth-order valence-corrected chi connectivity index (χ4v) is 2.72. The van der Waals surface area contributed by atoms with E-state index in [-0.39, 0.29) is 11.8 Å². The van der Waals surface area contributed by atoms with Crippen LogP contribution in [0.5, 0.6) is 10.8 Å². The van der Waals surface area contributed by atoms with Crippen LogP contribution in [0.3, 0.4) is 0 Å². The lowest BCUT2D eigenvalue weighted by Gasteiger charge is -2.17. The molecule has 5 nitrogen and oxygen atoms in total. The first-order valence-electron chi connectivity index (χ1n) is 7.52. The number of anilines is 2. The Morgan fingerprint density at radius 2 is 1.84 bits per heavy atom. The van der Waals surface area contributed by atoms with E-state index in [1.807, 2.05) is 31.2 Å². The van der Waals surface area contributed by atoms with Gasteiger partial charge in [-0.25, -0.2) is 14.2 Å². The number of hydrogen-bond donors (Lipinski definition) is 1. The Hall–Kier alpha value is -2.93. The first-order chi connectivity index (χ1) is 12.0. The fraction of sp³-hybridized carbons (Fsp3) is 0.111. The molecule has 0 atom stereocenters. The van der Waals surface area contributed by atoms with Crippen LogP contribution in [0.4, 0.5) is 20.0 Å². The number of carbonyl (C=O) groups is 1. The highest BCUT2D eigenvalue weighted by atomic mass is 32.1. The maximum Gasteiger partial charge on any atom is 0.327 e. The maximum absolute atomic E-state index is 12.9. The summed E-state index contributed by atoms with van der Waals surface area (Å²) >= 11 is 1.19. The Bertz CT molecular complexity index is 863. The highest BCUT2D eigenvalue weighted by molar-refractivity contribution is 7.17. The van der Waals surface area contributed by atoms with Gasteiger partial charge in [-0.2, -0.15) is 0 Å². The first kappa shape index (κ1) is 16.9. The lowest BCUT2D eigenvalue weighted by atomic mass is 10.2. The molecule has 1 aromatic heterocycles. The van der Waals surface area contributed by atoms with Gasteiger partial charge in [-0.05, 0) is 43.3 Å². The molecule has 3 aromatic rings. The van der Waals surface area contributed by atoms with E-state index in [0.717, 1.165) is 11.3 Å². The average Bonchev–Trinajstić information content (AvgIpc) is 3.04. The van der Waals surface area contributed by atoms with Crippen LogP contribution in [0.25, 0.3) is 0 Å². The van der Waals surface area contributed by atoms with Crippen molar-refractivity contribution in [1.29, 1.82) is 0 Å². The number of aromatic nitrogens is 1. The summed E-state index contributed by atoms with van der Waals surface area (Å²) in [6.45, 7) is 1.99. The van der Waals surface area contributed by atoms with Crippen molar-refractivity contribution >= 4 is 28.2 Å². The van der Waals surface area contributed by atoms with Gasteiger partial charge < -0.3 is 4.74 Å². The summed E-state index contributed by atoms with van der Waals surface area (Å²) in [6.07, 6.45) is 1.51. The quantitative estimate of drug-likeness (QED) is 0.711. The number of nitrogens with zero attached hydrogens (tertiary/aromatic N) is 2. The van der Waals surface area contributed by atoms with Crippen molar-refractivity contribution in [1.82, 2.24) is 4.98 Å². The topological polar surface area (TPSA) is 54.5 Å². The molecule has 0 saturated heterocycles. The van der Waals surface area contributed by atoms with Gasteiger partial charge in [0, 0.05) is 12.7 Å². The molecule has 0 radical (unpaired) electrons. The van der Waals surface area contributed by atoms with E-state index < -0.39 is 0 Å².